The van der Waals surface area contributed by atoms with Crippen molar-refractivity contribution in [1.82, 2.24) is 15.0 Å². The lowest BCUT2D eigenvalue weighted by molar-refractivity contribution is 0.0467. The van der Waals surface area contributed by atoms with Crippen molar-refractivity contribution in [2.24, 2.45) is 0 Å². The summed E-state index contributed by atoms with van der Waals surface area (Å²) in [5, 5.41) is 13.9. The topological polar surface area (TPSA) is 84.1 Å². The van der Waals surface area contributed by atoms with Gasteiger partial charge >= 0.3 is 0 Å². The fraction of sp³-hybridized carbons (Fsp3) is 0.316. The smallest absolute Gasteiger partial charge is 0.180 e. The lowest BCUT2D eigenvalue weighted by Gasteiger charge is -2.22. The highest BCUT2D eigenvalue weighted by Gasteiger charge is 2.27. The Morgan fingerprint density at radius 1 is 1.12 bits per heavy atom. The van der Waals surface area contributed by atoms with E-state index in [9.17, 15) is 5.11 Å². The summed E-state index contributed by atoms with van der Waals surface area (Å²) in [7, 11) is 0. The molecule has 3 heterocycles. The van der Waals surface area contributed by atoms with Gasteiger partial charge in [0.15, 0.2) is 5.82 Å². The third-order valence-corrected chi connectivity index (χ3v) is 4.15. The van der Waals surface area contributed by atoms with E-state index in [0.717, 1.165) is 17.0 Å². The Balaban J connectivity index is 1.86. The van der Waals surface area contributed by atoms with E-state index < -0.39 is 5.60 Å². The SMILES string of the molecule is Cc1ccc(C(C)(O)CNc2nc(-c3ccccn3)nc(C)c2C)o1. The number of hydrogen-bond donors (Lipinski definition) is 2. The van der Waals surface area contributed by atoms with Crippen molar-refractivity contribution >= 4 is 5.82 Å². The molecule has 25 heavy (non-hydrogen) atoms. The van der Waals surface area contributed by atoms with Gasteiger partial charge in [0, 0.05) is 17.5 Å². The second-order valence-electron chi connectivity index (χ2n) is 6.36. The van der Waals surface area contributed by atoms with Crippen LogP contribution in [0.4, 0.5) is 5.82 Å². The second kappa shape index (κ2) is 6.64. The molecule has 0 aliphatic heterocycles. The summed E-state index contributed by atoms with van der Waals surface area (Å²) < 4.78 is 5.55. The van der Waals surface area contributed by atoms with Crippen molar-refractivity contribution in [2.75, 3.05) is 11.9 Å². The zero-order valence-corrected chi connectivity index (χ0v) is 14.9. The molecule has 2 N–H and O–H groups in total. The number of furan rings is 1. The molecule has 3 aromatic rings. The molecule has 6 heteroatoms. The first-order valence-corrected chi connectivity index (χ1v) is 8.16. The molecule has 0 saturated carbocycles. The van der Waals surface area contributed by atoms with Crippen LogP contribution in [0.25, 0.3) is 11.5 Å². The molecule has 0 spiro atoms. The number of pyridine rings is 1. The maximum Gasteiger partial charge on any atom is 0.180 e. The molecule has 0 saturated heterocycles. The van der Waals surface area contributed by atoms with Crippen molar-refractivity contribution in [3.8, 4) is 11.5 Å². The van der Waals surface area contributed by atoms with E-state index in [1.54, 1.807) is 19.2 Å². The molecule has 0 aromatic carbocycles. The number of anilines is 1. The number of hydrogen-bond acceptors (Lipinski definition) is 6. The van der Waals surface area contributed by atoms with Crippen molar-refractivity contribution < 1.29 is 9.52 Å². The molecule has 3 rings (SSSR count). The van der Waals surface area contributed by atoms with Crippen molar-refractivity contribution in [1.29, 1.82) is 0 Å². The molecule has 0 aliphatic carbocycles. The Morgan fingerprint density at radius 2 is 1.92 bits per heavy atom. The van der Waals surface area contributed by atoms with Crippen LogP contribution in [0.1, 0.15) is 29.7 Å². The van der Waals surface area contributed by atoms with Crippen LogP contribution in [0.5, 0.6) is 0 Å². The largest absolute Gasteiger partial charge is 0.463 e. The first-order chi connectivity index (χ1) is 11.9. The zero-order valence-electron chi connectivity index (χ0n) is 14.9. The van der Waals surface area contributed by atoms with Crippen LogP contribution in [0, 0.1) is 20.8 Å². The van der Waals surface area contributed by atoms with Crippen molar-refractivity contribution in [3.05, 3.63) is 59.3 Å². The van der Waals surface area contributed by atoms with E-state index in [4.69, 9.17) is 4.42 Å². The van der Waals surface area contributed by atoms with E-state index in [-0.39, 0.29) is 6.54 Å². The number of nitrogens with zero attached hydrogens (tertiary/aromatic N) is 3. The molecule has 0 fully saturated rings. The van der Waals surface area contributed by atoms with Gasteiger partial charge in [0.05, 0.1) is 6.54 Å². The second-order valence-corrected chi connectivity index (χ2v) is 6.36. The average molecular weight is 338 g/mol. The molecule has 1 atom stereocenters. The summed E-state index contributed by atoms with van der Waals surface area (Å²) in [5.41, 5.74) is 1.37. The first-order valence-electron chi connectivity index (χ1n) is 8.16. The predicted octanol–water partition coefficient (Wildman–Crippen LogP) is 3.38. The summed E-state index contributed by atoms with van der Waals surface area (Å²) in [5.74, 6) is 2.52. The molecule has 6 nitrogen and oxygen atoms in total. The summed E-state index contributed by atoms with van der Waals surface area (Å²) in [6.07, 6.45) is 1.71. The monoisotopic (exact) mass is 338 g/mol. The van der Waals surface area contributed by atoms with Gasteiger partial charge in [-0.2, -0.15) is 0 Å². The summed E-state index contributed by atoms with van der Waals surface area (Å²) in [4.78, 5) is 13.4. The van der Waals surface area contributed by atoms with Gasteiger partial charge in [-0.1, -0.05) is 6.07 Å². The summed E-state index contributed by atoms with van der Waals surface area (Å²) >= 11 is 0. The van der Waals surface area contributed by atoms with Crippen LogP contribution in [0.15, 0.2) is 40.9 Å². The molecule has 3 aromatic heterocycles. The van der Waals surface area contributed by atoms with Crippen LogP contribution in [0.2, 0.25) is 0 Å². The van der Waals surface area contributed by atoms with Gasteiger partial charge in [-0.05, 0) is 52.0 Å². The highest BCUT2D eigenvalue weighted by molar-refractivity contribution is 5.56. The maximum absolute atomic E-state index is 10.7. The fourth-order valence-electron chi connectivity index (χ4n) is 2.48. The molecule has 0 aliphatic rings. The number of rotatable bonds is 5. The summed E-state index contributed by atoms with van der Waals surface area (Å²) in [6, 6.07) is 9.25. The van der Waals surface area contributed by atoms with Gasteiger partial charge in [-0.3, -0.25) is 4.98 Å². The highest BCUT2D eigenvalue weighted by Crippen LogP contribution is 2.25. The molecule has 0 radical (unpaired) electrons. The zero-order chi connectivity index (χ0) is 18.0. The Morgan fingerprint density at radius 3 is 2.56 bits per heavy atom. The van der Waals surface area contributed by atoms with E-state index >= 15 is 0 Å². The number of aliphatic hydroxyl groups is 1. The van der Waals surface area contributed by atoms with Gasteiger partial charge in [-0.15, -0.1) is 0 Å². The van der Waals surface area contributed by atoms with Gasteiger partial charge in [0.25, 0.3) is 0 Å². The lowest BCUT2D eigenvalue weighted by Crippen LogP contribution is -2.31. The molecule has 0 amide bonds. The minimum absolute atomic E-state index is 0.263. The molecule has 0 bridgehead atoms. The third kappa shape index (κ3) is 3.69. The minimum Gasteiger partial charge on any atom is -0.463 e. The number of nitrogens with one attached hydrogen (secondary N) is 1. The van der Waals surface area contributed by atoms with Crippen LogP contribution in [-0.2, 0) is 5.60 Å². The standard InChI is InChI=1S/C19H22N4O2/c1-12-8-9-16(25-12)19(4,24)11-21-17-13(2)14(3)22-18(23-17)15-7-5-6-10-20-15/h5-10,24H,11H2,1-4H3,(H,21,22,23). The number of aryl methyl sites for hydroxylation is 2. The van der Waals surface area contributed by atoms with E-state index in [1.165, 1.54) is 0 Å². The molecular formula is C19H22N4O2. The average Bonchev–Trinajstić information content (AvgIpc) is 3.04. The van der Waals surface area contributed by atoms with Gasteiger partial charge in [0.1, 0.15) is 28.6 Å². The van der Waals surface area contributed by atoms with Gasteiger partial charge in [0.2, 0.25) is 0 Å². The van der Waals surface area contributed by atoms with Crippen molar-refractivity contribution in [3.63, 3.8) is 0 Å². The number of aromatic nitrogens is 3. The Labute approximate surface area is 147 Å². The quantitative estimate of drug-likeness (QED) is 0.742. The normalized spacial score (nSPS) is 13.5. The minimum atomic E-state index is -1.15. The van der Waals surface area contributed by atoms with Crippen molar-refractivity contribution in [2.45, 2.75) is 33.3 Å². The predicted molar refractivity (Wildman–Crippen MR) is 96.2 cm³/mol. The van der Waals surface area contributed by atoms with Crippen LogP contribution in [-0.4, -0.2) is 26.6 Å². The fourth-order valence-corrected chi connectivity index (χ4v) is 2.48. The maximum atomic E-state index is 10.7. The Kier molecular flexibility index (Phi) is 4.55. The van der Waals surface area contributed by atoms with E-state index in [2.05, 4.69) is 20.3 Å². The van der Waals surface area contributed by atoms with Crippen LogP contribution < -0.4 is 5.32 Å². The highest BCUT2D eigenvalue weighted by atomic mass is 16.4. The van der Waals surface area contributed by atoms with Crippen LogP contribution >= 0.6 is 0 Å². The van der Waals surface area contributed by atoms with Crippen LogP contribution in [0.3, 0.4) is 0 Å². The van der Waals surface area contributed by atoms with E-state index in [1.807, 2.05) is 45.0 Å². The Hall–Kier alpha value is -2.73. The first kappa shape index (κ1) is 17.1. The van der Waals surface area contributed by atoms with Gasteiger partial charge < -0.3 is 14.8 Å². The molecule has 130 valence electrons. The molecule has 1 unspecified atom stereocenters. The van der Waals surface area contributed by atoms with Gasteiger partial charge in [-0.25, -0.2) is 9.97 Å². The Bertz CT molecular complexity index is 872. The van der Waals surface area contributed by atoms with E-state index in [0.29, 0.717) is 23.1 Å². The lowest BCUT2D eigenvalue weighted by atomic mass is 10.0. The molecular weight excluding hydrogens is 316 g/mol. The third-order valence-electron chi connectivity index (χ3n) is 4.15. The summed E-state index contributed by atoms with van der Waals surface area (Å²) in [6.45, 7) is 7.71.